The number of hydrogen-bond acceptors (Lipinski definition) is 8. The van der Waals surface area contributed by atoms with Crippen molar-refractivity contribution in [1.29, 1.82) is 0 Å². The van der Waals surface area contributed by atoms with E-state index in [0.717, 1.165) is 5.13 Å². The van der Waals surface area contributed by atoms with Gasteiger partial charge < -0.3 is 25.3 Å². The van der Waals surface area contributed by atoms with E-state index in [4.69, 9.17) is 0 Å². The minimum Gasteiger partial charge on any atom is -0.477 e. The largest absolute Gasteiger partial charge is 0.477 e. The lowest BCUT2D eigenvalue weighted by Crippen LogP contribution is -2.63. The van der Waals surface area contributed by atoms with Crippen molar-refractivity contribution in [2.45, 2.75) is 31.2 Å². The van der Waals surface area contributed by atoms with E-state index < -0.39 is 18.0 Å². The third-order valence-electron chi connectivity index (χ3n) is 6.48. The number of carbonyl (C=O) groups is 3. The summed E-state index contributed by atoms with van der Waals surface area (Å²) in [6, 6.07) is 8.89. The Hall–Kier alpha value is -2.89. The molecule has 3 aliphatic rings. The lowest BCUT2D eigenvalue weighted by atomic mass is 9.79. The summed E-state index contributed by atoms with van der Waals surface area (Å²) in [5, 5.41) is 25.2. The first kappa shape index (κ1) is 22.9. The number of carboxylic acids is 1. The van der Waals surface area contributed by atoms with Crippen molar-refractivity contribution in [2.75, 3.05) is 23.3 Å². The third kappa shape index (κ3) is 3.77. The van der Waals surface area contributed by atoms with Gasteiger partial charge in [-0.25, -0.2) is 9.78 Å². The Bertz CT molecular complexity index is 1180. The quantitative estimate of drug-likeness (QED) is 0.496. The number of rotatable bonds is 7. The highest BCUT2D eigenvalue weighted by molar-refractivity contribution is 8.03. The number of anilines is 2. The van der Waals surface area contributed by atoms with Crippen LogP contribution < -0.4 is 10.2 Å². The summed E-state index contributed by atoms with van der Waals surface area (Å²) in [5.41, 5.74) is 1.11. The van der Waals surface area contributed by atoms with Crippen LogP contribution in [0, 0.1) is 11.8 Å². The number of hydrogen-bond donors (Lipinski definition) is 3. The molecule has 2 aromatic rings. The van der Waals surface area contributed by atoms with Gasteiger partial charge in [0.2, 0.25) is 5.91 Å². The molecule has 0 aliphatic carbocycles. The average Bonchev–Trinajstić information content (AvgIpc) is 3.33. The van der Waals surface area contributed by atoms with Gasteiger partial charge in [0.15, 0.2) is 5.13 Å². The second-order valence-electron chi connectivity index (χ2n) is 8.75. The molecule has 4 atom stereocenters. The lowest BCUT2D eigenvalue weighted by molar-refractivity contribution is -0.163. The molecule has 2 amide bonds. The van der Waals surface area contributed by atoms with E-state index in [1.165, 1.54) is 28.0 Å². The number of thioether (sulfide) groups is 1. The highest BCUT2D eigenvalue weighted by Crippen LogP contribution is 2.52. The molecule has 0 bridgehead atoms. The number of para-hydroxylation sites is 1. The first-order valence-electron chi connectivity index (χ1n) is 11.0. The van der Waals surface area contributed by atoms with Gasteiger partial charge >= 0.3 is 5.97 Å². The molecular weight excluding hydrogens is 476 g/mol. The number of nitrogens with one attached hydrogen (secondary N) is 1. The predicted octanol–water partition coefficient (Wildman–Crippen LogP) is 2.47. The molecule has 9 nitrogen and oxygen atoms in total. The first-order valence-corrected chi connectivity index (χ1v) is 12.7. The second-order valence-corrected chi connectivity index (χ2v) is 10.9. The molecule has 1 aromatic heterocycles. The zero-order valence-corrected chi connectivity index (χ0v) is 20.2. The van der Waals surface area contributed by atoms with Gasteiger partial charge in [-0.3, -0.25) is 9.59 Å². The van der Waals surface area contributed by atoms with Crippen LogP contribution in [0.25, 0.3) is 0 Å². The highest BCUT2D eigenvalue weighted by atomic mass is 32.2. The van der Waals surface area contributed by atoms with Crippen LogP contribution in [0.2, 0.25) is 0 Å². The maximum atomic E-state index is 12.5. The van der Waals surface area contributed by atoms with Crippen molar-refractivity contribution < 1.29 is 24.6 Å². The summed E-state index contributed by atoms with van der Waals surface area (Å²) in [7, 11) is 0. The highest BCUT2D eigenvalue weighted by Gasteiger charge is 2.60. The van der Waals surface area contributed by atoms with E-state index in [1.807, 2.05) is 37.3 Å². The average molecular weight is 501 g/mol. The third-order valence-corrected chi connectivity index (χ3v) is 8.83. The maximum Gasteiger partial charge on any atom is 0.353 e. The maximum absolute atomic E-state index is 12.5. The van der Waals surface area contributed by atoms with Crippen LogP contribution in [0.1, 0.15) is 24.3 Å². The smallest absolute Gasteiger partial charge is 0.353 e. The molecule has 4 heterocycles. The van der Waals surface area contributed by atoms with Crippen molar-refractivity contribution in [2.24, 2.45) is 11.8 Å². The van der Waals surface area contributed by atoms with Gasteiger partial charge in [0.05, 0.1) is 18.1 Å². The van der Waals surface area contributed by atoms with Crippen LogP contribution >= 0.6 is 23.1 Å². The Kier molecular flexibility index (Phi) is 5.86. The number of aliphatic hydroxyl groups excluding tert-OH is 1. The Morgan fingerprint density at radius 2 is 1.97 bits per heavy atom. The van der Waals surface area contributed by atoms with Crippen molar-refractivity contribution in [3.8, 4) is 0 Å². The van der Waals surface area contributed by atoms with Gasteiger partial charge in [-0.2, -0.15) is 0 Å². The summed E-state index contributed by atoms with van der Waals surface area (Å²) in [4.78, 5) is 45.5. The number of amides is 2. The molecule has 0 saturated carbocycles. The molecule has 2 unspecified atom stereocenters. The number of benzene rings is 1. The van der Waals surface area contributed by atoms with Gasteiger partial charge in [-0.05, 0) is 19.1 Å². The van der Waals surface area contributed by atoms with E-state index in [-0.39, 0.29) is 34.7 Å². The predicted molar refractivity (Wildman–Crippen MR) is 130 cm³/mol. The Balaban J connectivity index is 1.22. The van der Waals surface area contributed by atoms with E-state index in [0.29, 0.717) is 29.4 Å². The van der Waals surface area contributed by atoms with Crippen LogP contribution in [0.4, 0.5) is 10.8 Å². The zero-order chi connectivity index (χ0) is 24.1. The van der Waals surface area contributed by atoms with Gasteiger partial charge in [0, 0.05) is 40.2 Å². The van der Waals surface area contributed by atoms with Gasteiger partial charge in [0.1, 0.15) is 11.4 Å². The summed E-state index contributed by atoms with van der Waals surface area (Å²) >= 11 is 2.89. The number of carboxylic acid groups (broad SMARTS) is 1. The van der Waals surface area contributed by atoms with Gasteiger partial charge in [-0.1, -0.05) is 25.1 Å². The van der Waals surface area contributed by atoms with E-state index in [9.17, 15) is 24.6 Å². The molecule has 0 spiro atoms. The SMILES string of the molecule is C[C@@H](O)C1C(=O)N2C(C(=O)O)=C(SC3CN(c4nc(C(=O)Nc5ccccc5)cs4)C3)[C@H](C)C12. The molecule has 2 saturated heterocycles. The fraction of sp³-hybridized carbons (Fsp3) is 0.391. The number of aliphatic carboxylic acids is 1. The molecule has 0 radical (unpaired) electrons. The monoisotopic (exact) mass is 500 g/mol. The summed E-state index contributed by atoms with van der Waals surface area (Å²) in [5.74, 6) is -2.40. The van der Waals surface area contributed by atoms with Crippen molar-refractivity contribution >= 4 is 51.7 Å². The molecule has 3 aliphatic heterocycles. The Morgan fingerprint density at radius 3 is 2.62 bits per heavy atom. The van der Waals surface area contributed by atoms with E-state index in [2.05, 4.69) is 15.2 Å². The van der Waals surface area contributed by atoms with Crippen LogP contribution in [0.15, 0.2) is 46.3 Å². The van der Waals surface area contributed by atoms with E-state index >= 15 is 0 Å². The Morgan fingerprint density at radius 1 is 1.26 bits per heavy atom. The second kappa shape index (κ2) is 8.71. The van der Waals surface area contributed by atoms with Crippen LogP contribution in [-0.4, -0.2) is 68.4 Å². The van der Waals surface area contributed by atoms with Crippen molar-refractivity contribution in [1.82, 2.24) is 9.88 Å². The first-order chi connectivity index (χ1) is 16.3. The topological polar surface area (TPSA) is 123 Å². The van der Waals surface area contributed by atoms with Crippen molar-refractivity contribution in [3.05, 3.63) is 52.0 Å². The summed E-state index contributed by atoms with van der Waals surface area (Å²) < 4.78 is 0. The number of β-lactam (4-membered cyclic amide) rings is 1. The molecule has 5 rings (SSSR count). The van der Waals surface area contributed by atoms with Gasteiger partial charge in [-0.15, -0.1) is 23.1 Å². The minimum atomic E-state index is -1.11. The standard InChI is InChI=1S/C23H24N4O5S2/c1-11-17-16(12(2)28)21(30)27(17)18(22(31)32)19(11)34-14-8-26(9-14)23-25-15(10-33-23)20(29)24-13-6-4-3-5-7-13/h3-7,10-12,14,16-17,28H,8-9H2,1-2H3,(H,24,29)(H,31,32)/t11-,12-,16?,17?/m1/s1. The van der Waals surface area contributed by atoms with Crippen LogP contribution in [0.5, 0.6) is 0 Å². The molecule has 2 fully saturated rings. The number of fused-ring (bicyclic) bond motifs is 1. The minimum absolute atomic E-state index is 0.0527. The molecule has 1 aromatic carbocycles. The Labute approximate surface area is 204 Å². The fourth-order valence-electron chi connectivity index (χ4n) is 4.76. The molecular formula is C23H24N4O5S2. The number of nitrogens with zero attached hydrogens (tertiary/aromatic N) is 3. The number of aliphatic hydroxyl groups is 1. The molecule has 3 N–H and O–H groups in total. The zero-order valence-electron chi connectivity index (χ0n) is 18.5. The van der Waals surface area contributed by atoms with E-state index in [1.54, 1.807) is 12.3 Å². The lowest BCUT2D eigenvalue weighted by Gasteiger charge is -2.46. The number of aromatic nitrogens is 1. The number of thiazole rings is 1. The molecule has 11 heteroatoms. The number of carbonyl (C=O) groups excluding carboxylic acids is 2. The van der Waals surface area contributed by atoms with Crippen LogP contribution in [-0.2, 0) is 9.59 Å². The molecule has 34 heavy (non-hydrogen) atoms. The van der Waals surface area contributed by atoms with Crippen LogP contribution in [0.3, 0.4) is 0 Å². The molecule has 178 valence electrons. The van der Waals surface area contributed by atoms with Gasteiger partial charge in [0.25, 0.3) is 5.91 Å². The normalized spacial score (nSPS) is 25.0. The van der Waals surface area contributed by atoms with Crippen molar-refractivity contribution in [3.63, 3.8) is 0 Å². The summed E-state index contributed by atoms with van der Waals surface area (Å²) in [6.45, 7) is 4.83. The summed E-state index contributed by atoms with van der Waals surface area (Å²) in [6.07, 6.45) is -0.812. The fourth-order valence-corrected chi connectivity index (χ4v) is 7.10.